The topological polar surface area (TPSA) is 83.3 Å². The minimum Gasteiger partial charge on any atom is -0.493 e. The number of fused-ring (bicyclic) bond motifs is 3. The van der Waals surface area contributed by atoms with Gasteiger partial charge in [0.05, 0.1) is 10.9 Å². The Morgan fingerprint density at radius 3 is 2.78 bits per heavy atom. The van der Waals surface area contributed by atoms with E-state index in [4.69, 9.17) is 0 Å². The molecule has 6 heteroatoms. The van der Waals surface area contributed by atoms with Crippen LogP contribution >= 0.6 is 0 Å². The Labute approximate surface area is 102 Å². The highest BCUT2D eigenvalue weighted by atomic mass is 16.3. The van der Waals surface area contributed by atoms with Crippen molar-refractivity contribution in [1.82, 2.24) is 19.6 Å². The summed E-state index contributed by atoms with van der Waals surface area (Å²) in [4.78, 5) is 18.7. The Morgan fingerprint density at radius 2 is 2.06 bits per heavy atom. The lowest BCUT2D eigenvalue weighted by Gasteiger charge is -2.00. The van der Waals surface area contributed by atoms with Crippen molar-refractivity contribution in [3.05, 3.63) is 33.2 Å². The number of H-pyrrole nitrogens is 1. The van der Waals surface area contributed by atoms with Crippen LogP contribution in [-0.4, -0.2) is 24.7 Å². The van der Waals surface area contributed by atoms with Crippen molar-refractivity contribution in [1.29, 1.82) is 0 Å². The number of nitrogens with zero attached hydrogens (tertiary/aromatic N) is 3. The molecule has 0 aliphatic heterocycles. The summed E-state index contributed by atoms with van der Waals surface area (Å²) in [5.74, 6) is -0.149. The zero-order valence-corrected chi connectivity index (χ0v) is 10.3. The Kier molecular flexibility index (Phi) is 1.98. The van der Waals surface area contributed by atoms with Gasteiger partial charge in [0.1, 0.15) is 5.65 Å². The Bertz CT molecular complexity index is 845. The molecule has 0 aromatic carbocycles. The lowest BCUT2D eigenvalue weighted by molar-refractivity contribution is 0.430. The van der Waals surface area contributed by atoms with E-state index in [1.807, 2.05) is 19.9 Å². The average molecular weight is 244 g/mol. The minimum atomic E-state index is -0.318. The van der Waals surface area contributed by atoms with Gasteiger partial charge in [-0.05, 0) is 32.4 Å². The van der Waals surface area contributed by atoms with Crippen LogP contribution in [0.25, 0.3) is 16.7 Å². The van der Waals surface area contributed by atoms with Crippen molar-refractivity contribution in [2.24, 2.45) is 0 Å². The summed E-state index contributed by atoms with van der Waals surface area (Å²) in [5, 5.41) is 14.9. The van der Waals surface area contributed by atoms with E-state index >= 15 is 0 Å². The summed E-state index contributed by atoms with van der Waals surface area (Å²) < 4.78 is 1.32. The third kappa shape index (κ3) is 1.25. The van der Waals surface area contributed by atoms with Gasteiger partial charge in [0.25, 0.3) is 5.56 Å². The van der Waals surface area contributed by atoms with Crippen LogP contribution in [0.1, 0.15) is 16.8 Å². The molecule has 18 heavy (non-hydrogen) atoms. The van der Waals surface area contributed by atoms with Crippen LogP contribution in [0.3, 0.4) is 0 Å². The van der Waals surface area contributed by atoms with Gasteiger partial charge < -0.3 is 10.1 Å². The highest BCUT2D eigenvalue weighted by molar-refractivity contribution is 5.92. The number of hydrogen-bond donors (Lipinski definition) is 2. The fourth-order valence-electron chi connectivity index (χ4n) is 2.16. The monoisotopic (exact) mass is 244 g/mol. The van der Waals surface area contributed by atoms with Crippen LogP contribution in [0.5, 0.6) is 5.88 Å². The SMILES string of the molecule is Cc1cc(C)c2c(n1)nn1c(O)c(C)c(=O)[nH]c21. The summed E-state index contributed by atoms with van der Waals surface area (Å²) >= 11 is 0. The Morgan fingerprint density at radius 1 is 1.33 bits per heavy atom. The van der Waals surface area contributed by atoms with Gasteiger partial charge in [0, 0.05) is 5.69 Å². The van der Waals surface area contributed by atoms with Crippen LogP contribution in [0, 0.1) is 20.8 Å². The van der Waals surface area contributed by atoms with Crippen molar-refractivity contribution in [3.63, 3.8) is 0 Å². The molecule has 0 aliphatic rings. The normalized spacial score (nSPS) is 11.5. The predicted molar refractivity (Wildman–Crippen MR) is 67.0 cm³/mol. The second-order valence-electron chi connectivity index (χ2n) is 4.44. The summed E-state index contributed by atoms with van der Waals surface area (Å²) in [6.45, 7) is 5.35. The summed E-state index contributed by atoms with van der Waals surface area (Å²) in [6, 6.07) is 1.92. The first-order valence-electron chi connectivity index (χ1n) is 5.57. The second-order valence-corrected chi connectivity index (χ2v) is 4.44. The van der Waals surface area contributed by atoms with Crippen molar-refractivity contribution in [2.75, 3.05) is 0 Å². The molecule has 0 atom stereocenters. The first kappa shape index (κ1) is 10.8. The van der Waals surface area contributed by atoms with E-state index in [1.54, 1.807) is 6.92 Å². The van der Waals surface area contributed by atoms with Gasteiger partial charge in [0.2, 0.25) is 5.88 Å². The molecule has 0 radical (unpaired) electrons. The molecule has 92 valence electrons. The lowest BCUT2D eigenvalue weighted by atomic mass is 10.2. The molecule has 2 N–H and O–H groups in total. The lowest BCUT2D eigenvalue weighted by Crippen LogP contribution is -2.12. The largest absolute Gasteiger partial charge is 0.493 e. The van der Waals surface area contributed by atoms with E-state index in [0.717, 1.165) is 16.6 Å². The first-order chi connectivity index (χ1) is 8.49. The number of pyridine rings is 1. The van der Waals surface area contributed by atoms with Crippen LogP contribution in [0.15, 0.2) is 10.9 Å². The van der Waals surface area contributed by atoms with Gasteiger partial charge in [-0.1, -0.05) is 0 Å². The molecule has 0 saturated heterocycles. The zero-order chi connectivity index (χ0) is 13.0. The zero-order valence-electron chi connectivity index (χ0n) is 10.3. The third-order valence-corrected chi connectivity index (χ3v) is 3.08. The molecular formula is C12H12N4O2. The second kappa shape index (κ2) is 3.32. The van der Waals surface area contributed by atoms with E-state index in [2.05, 4.69) is 15.1 Å². The molecule has 0 bridgehead atoms. The Balaban J connectivity index is 2.65. The van der Waals surface area contributed by atoms with Crippen molar-refractivity contribution in [3.8, 4) is 5.88 Å². The van der Waals surface area contributed by atoms with Gasteiger partial charge in [-0.15, -0.1) is 5.10 Å². The third-order valence-electron chi connectivity index (χ3n) is 3.08. The molecule has 3 rings (SSSR count). The van der Waals surface area contributed by atoms with E-state index in [1.165, 1.54) is 4.52 Å². The quantitative estimate of drug-likeness (QED) is 0.622. The first-order valence-corrected chi connectivity index (χ1v) is 5.57. The van der Waals surface area contributed by atoms with Crippen molar-refractivity contribution < 1.29 is 5.11 Å². The van der Waals surface area contributed by atoms with Crippen LogP contribution in [-0.2, 0) is 0 Å². The van der Waals surface area contributed by atoms with Crippen LogP contribution in [0.4, 0.5) is 0 Å². The predicted octanol–water partition coefficient (Wildman–Crippen LogP) is 1.20. The smallest absolute Gasteiger partial charge is 0.257 e. The number of nitrogens with one attached hydrogen (secondary N) is 1. The maximum atomic E-state index is 11.7. The fourth-order valence-corrected chi connectivity index (χ4v) is 2.16. The van der Waals surface area contributed by atoms with Crippen molar-refractivity contribution in [2.45, 2.75) is 20.8 Å². The maximum absolute atomic E-state index is 11.7. The van der Waals surface area contributed by atoms with Gasteiger partial charge in [-0.3, -0.25) is 4.79 Å². The molecule has 0 saturated carbocycles. The number of aryl methyl sites for hydroxylation is 2. The summed E-state index contributed by atoms with van der Waals surface area (Å²) in [6.07, 6.45) is 0. The van der Waals surface area contributed by atoms with Gasteiger partial charge in [-0.2, -0.15) is 4.52 Å². The molecule has 0 spiro atoms. The number of aromatic amines is 1. The number of rotatable bonds is 0. The molecular weight excluding hydrogens is 232 g/mol. The number of aromatic nitrogens is 4. The van der Waals surface area contributed by atoms with Crippen molar-refractivity contribution >= 4 is 16.7 Å². The molecule has 0 amide bonds. The van der Waals surface area contributed by atoms with E-state index in [-0.39, 0.29) is 17.0 Å². The maximum Gasteiger partial charge on any atom is 0.257 e. The van der Waals surface area contributed by atoms with Gasteiger partial charge in [-0.25, -0.2) is 4.98 Å². The van der Waals surface area contributed by atoms with E-state index in [0.29, 0.717) is 11.3 Å². The summed E-state index contributed by atoms with van der Waals surface area (Å²) in [7, 11) is 0. The Hall–Kier alpha value is -2.37. The molecule has 3 aromatic heterocycles. The standard InChI is InChI=1S/C12H12N4O2/c1-5-4-6(2)13-9-8(5)10-14-11(17)7(3)12(18)16(10)15-9/h4,18H,1-3H3,(H,14,17). The highest BCUT2D eigenvalue weighted by Gasteiger charge is 2.15. The average Bonchev–Trinajstić information content (AvgIpc) is 2.64. The fraction of sp³-hybridized carbons (Fsp3) is 0.250. The minimum absolute atomic E-state index is 0.149. The molecule has 6 nitrogen and oxygen atoms in total. The van der Waals surface area contributed by atoms with Gasteiger partial charge >= 0.3 is 0 Å². The van der Waals surface area contributed by atoms with E-state index < -0.39 is 0 Å². The van der Waals surface area contributed by atoms with E-state index in [9.17, 15) is 9.90 Å². The van der Waals surface area contributed by atoms with Crippen LogP contribution < -0.4 is 5.56 Å². The molecule has 3 aromatic rings. The number of hydrogen-bond acceptors (Lipinski definition) is 4. The summed E-state index contributed by atoms with van der Waals surface area (Å²) in [5.41, 5.74) is 2.73. The molecule has 0 fully saturated rings. The molecule has 0 aliphatic carbocycles. The van der Waals surface area contributed by atoms with Crippen LogP contribution in [0.2, 0.25) is 0 Å². The molecule has 0 unspecified atom stereocenters. The number of aromatic hydroxyl groups is 1. The molecule has 3 heterocycles. The highest BCUT2D eigenvalue weighted by Crippen LogP contribution is 2.24. The van der Waals surface area contributed by atoms with Gasteiger partial charge in [0.15, 0.2) is 5.65 Å².